The zero-order chi connectivity index (χ0) is 25.6. The van der Waals surface area contributed by atoms with Crippen LogP contribution in [-0.2, 0) is 19.6 Å². The van der Waals surface area contributed by atoms with Gasteiger partial charge in [-0.15, -0.1) is 0 Å². The van der Waals surface area contributed by atoms with Crippen molar-refractivity contribution in [3.8, 4) is 0 Å². The van der Waals surface area contributed by atoms with E-state index in [0.29, 0.717) is 0 Å². The number of nitrogens with one attached hydrogen (secondary N) is 1. The van der Waals surface area contributed by atoms with Crippen LogP contribution in [0.4, 0.5) is 5.69 Å². The summed E-state index contributed by atoms with van der Waals surface area (Å²) >= 11 is 0. The average Bonchev–Trinajstić information content (AvgIpc) is 2.77. The number of carbonyl (C=O) groups excluding carboxylic acids is 2. The zero-order valence-electron chi connectivity index (χ0n) is 19.7. The highest BCUT2D eigenvalue weighted by molar-refractivity contribution is 7.89. The van der Waals surface area contributed by atoms with Gasteiger partial charge < -0.3 is 10.1 Å². The highest BCUT2D eigenvalue weighted by Crippen LogP contribution is 2.28. The van der Waals surface area contributed by atoms with E-state index in [2.05, 4.69) is 5.32 Å². The Morgan fingerprint density at radius 3 is 2.18 bits per heavy atom. The van der Waals surface area contributed by atoms with E-state index in [1.165, 1.54) is 53.8 Å². The standard InChI is InChI=1S/C23H29N3O7S/c1-15(2)25(5)34(31,32)18-12-10-17(11-13-18)23(28)24-20(14-22(27)33-16(3)4)19-8-6-7-9-21(19)26(29)30/h6-13,15-16,20H,14H2,1-5H3,(H,24,28). The molecule has 0 bridgehead atoms. The molecule has 0 aromatic heterocycles. The van der Waals surface area contributed by atoms with Crippen molar-refractivity contribution in [1.29, 1.82) is 0 Å². The van der Waals surface area contributed by atoms with E-state index in [-0.39, 0.29) is 34.2 Å². The van der Waals surface area contributed by atoms with Crippen LogP contribution < -0.4 is 5.32 Å². The van der Waals surface area contributed by atoms with Crippen LogP contribution in [0, 0.1) is 10.1 Å². The summed E-state index contributed by atoms with van der Waals surface area (Å²) in [4.78, 5) is 36.1. The molecule has 2 aromatic carbocycles. The Morgan fingerprint density at radius 1 is 1.06 bits per heavy atom. The number of nitro benzene ring substituents is 1. The summed E-state index contributed by atoms with van der Waals surface area (Å²) in [5.41, 5.74) is 0.0367. The van der Waals surface area contributed by atoms with Crippen LogP contribution in [-0.4, -0.2) is 48.7 Å². The van der Waals surface area contributed by atoms with Crippen molar-refractivity contribution < 1.29 is 27.7 Å². The van der Waals surface area contributed by atoms with Crippen LogP contribution in [0.3, 0.4) is 0 Å². The fourth-order valence-corrected chi connectivity index (χ4v) is 4.50. The van der Waals surface area contributed by atoms with E-state index in [4.69, 9.17) is 4.74 Å². The number of hydrogen-bond donors (Lipinski definition) is 1. The number of nitro groups is 1. The van der Waals surface area contributed by atoms with Gasteiger partial charge in [-0.1, -0.05) is 18.2 Å². The van der Waals surface area contributed by atoms with Crippen LogP contribution in [0.2, 0.25) is 0 Å². The van der Waals surface area contributed by atoms with Gasteiger partial charge in [0.05, 0.1) is 33.9 Å². The summed E-state index contributed by atoms with van der Waals surface area (Å²) in [5, 5.41) is 14.1. The Labute approximate surface area is 199 Å². The third kappa shape index (κ3) is 6.61. The summed E-state index contributed by atoms with van der Waals surface area (Å²) in [7, 11) is -2.26. The lowest BCUT2D eigenvalue weighted by atomic mass is 10.0. The van der Waals surface area contributed by atoms with Gasteiger partial charge in [0.1, 0.15) is 0 Å². The number of ether oxygens (including phenoxy) is 1. The lowest BCUT2D eigenvalue weighted by molar-refractivity contribution is -0.385. The molecule has 0 saturated carbocycles. The molecular formula is C23H29N3O7S. The lowest BCUT2D eigenvalue weighted by Crippen LogP contribution is -2.33. The van der Waals surface area contributed by atoms with Gasteiger partial charge in [-0.3, -0.25) is 19.7 Å². The summed E-state index contributed by atoms with van der Waals surface area (Å²) in [5.74, 6) is -1.25. The predicted molar refractivity (Wildman–Crippen MR) is 126 cm³/mol. The molecule has 2 aromatic rings. The summed E-state index contributed by atoms with van der Waals surface area (Å²) in [6.45, 7) is 6.82. The predicted octanol–water partition coefficient (Wildman–Crippen LogP) is 3.44. The Bertz CT molecular complexity index is 1150. The second-order valence-electron chi connectivity index (χ2n) is 8.22. The van der Waals surface area contributed by atoms with Crippen molar-refractivity contribution in [2.75, 3.05) is 7.05 Å². The van der Waals surface area contributed by atoms with Gasteiger partial charge in [-0.2, -0.15) is 4.31 Å². The molecule has 1 amide bonds. The van der Waals surface area contributed by atoms with Crippen molar-refractivity contribution in [1.82, 2.24) is 9.62 Å². The Balaban J connectivity index is 2.34. The Hall–Kier alpha value is -3.31. The van der Waals surface area contributed by atoms with E-state index in [1.54, 1.807) is 33.8 Å². The molecule has 1 unspecified atom stereocenters. The number of amides is 1. The zero-order valence-corrected chi connectivity index (χ0v) is 20.5. The van der Waals surface area contributed by atoms with Crippen molar-refractivity contribution in [2.24, 2.45) is 0 Å². The van der Waals surface area contributed by atoms with Crippen LogP contribution in [0.5, 0.6) is 0 Å². The minimum absolute atomic E-state index is 0.0241. The van der Waals surface area contributed by atoms with Gasteiger partial charge in [0, 0.05) is 24.7 Å². The van der Waals surface area contributed by atoms with Gasteiger partial charge in [0.2, 0.25) is 10.0 Å². The van der Waals surface area contributed by atoms with E-state index in [1.807, 2.05) is 0 Å². The fourth-order valence-electron chi connectivity index (χ4n) is 3.13. The van der Waals surface area contributed by atoms with Crippen molar-refractivity contribution >= 4 is 27.6 Å². The van der Waals surface area contributed by atoms with Gasteiger partial charge >= 0.3 is 5.97 Å². The molecular weight excluding hydrogens is 462 g/mol. The Morgan fingerprint density at radius 2 is 1.65 bits per heavy atom. The molecule has 0 aliphatic carbocycles. The normalized spacial score (nSPS) is 12.6. The Kier molecular flexibility index (Phi) is 8.88. The lowest BCUT2D eigenvalue weighted by Gasteiger charge is -2.21. The third-order valence-electron chi connectivity index (χ3n) is 5.07. The average molecular weight is 492 g/mol. The molecule has 2 rings (SSSR count). The minimum atomic E-state index is -3.72. The first-order valence-corrected chi connectivity index (χ1v) is 12.1. The van der Waals surface area contributed by atoms with Crippen molar-refractivity contribution in [2.45, 2.75) is 57.2 Å². The van der Waals surface area contributed by atoms with Crippen molar-refractivity contribution in [3.05, 3.63) is 69.8 Å². The number of rotatable bonds is 10. The van der Waals surface area contributed by atoms with Crippen LogP contribution in [0.1, 0.15) is 56.1 Å². The molecule has 10 nitrogen and oxygen atoms in total. The summed E-state index contributed by atoms with van der Waals surface area (Å²) < 4.78 is 31.6. The first kappa shape index (κ1) is 26.9. The molecule has 0 aliphatic heterocycles. The number of carbonyl (C=O) groups is 2. The molecule has 0 aliphatic rings. The summed E-state index contributed by atoms with van der Waals surface area (Å²) in [6, 6.07) is 9.85. The number of nitrogens with zero attached hydrogens (tertiary/aromatic N) is 2. The number of benzene rings is 2. The molecule has 1 N–H and O–H groups in total. The minimum Gasteiger partial charge on any atom is -0.463 e. The van der Waals surface area contributed by atoms with Gasteiger partial charge in [0.15, 0.2) is 0 Å². The van der Waals surface area contributed by atoms with E-state index in [9.17, 15) is 28.1 Å². The highest BCUT2D eigenvalue weighted by atomic mass is 32.2. The maximum absolute atomic E-state index is 12.9. The molecule has 0 fully saturated rings. The molecule has 0 heterocycles. The van der Waals surface area contributed by atoms with Crippen LogP contribution >= 0.6 is 0 Å². The van der Waals surface area contributed by atoms with E-state index < -0.39 is 39.0 Å². The van der Waals surface area contributed by atoms with E-state index >= 15 is 0 Å². The molecule has 184 valence electrons. The topological polar surface area (TPSA) is 136 Å². The molecule has 0 spiro atoms. The first-order valence-electron chi connectivity index (χ1n) is 10.7. The second kappa shape index (κ2) is 11.2. The van der Waals surface area contributed by atoms with Crippen LogP contribution in [0.15, 0.2) is 53.4 Å². The first-order chi connectivity index (χ1) is 15.8. The monoisotopic (exact) mass is 491 g/mol. The smallest absolute Gasteiger partial charge is 0.308 e. The summed E-state index contributed by atoms with van der Waals surface area (Å²) in [6.07, 6.45) is -0.714. The third-order valence-corrected chi connectivity index (χ3v) is 7.12. The van der Waals surface area contributed by atoms with Gasteiger partial charge in [-0.25, -0.2) is 8.42 Å². The number of para-hydroxylation sites is 1. The molecule has 0 radical (unpaired) electrons. The number of sulfonamides is 1. The SMILES string of the molecule is CC(C)OC(=O)CC(NC(=O)c1ccc(S(=O)(=O)N(C)C(C)C)cc1)c1ccccc1[N+](=O)[O-]. The molecule has 34 heavy (non-hydrogen) atoms. The van der Waals surface area contributed by atoms with Gasteiger partial charge in [-0.05, 0) is 52.0 Å². The fraction of sp³-hybridized carbons (Fsp3) is 0.391. The molecule has 1 atom stereocenters. The number of hydrogen-bond acceptors (Lipinski definition) is 7. The molecule has 0 saturated heterocycles. The maximum atomic E-state index is 12.9. The quantitative estimate of drug-likeness (QED) is 0.305. The van der Waals surface area contributed by atoms with Crippen LogP contribution in [0.25, 0.3) is 0 Å². The largest absolute Gasteiger partial charge is 0.463 e. The van der Waals surface area contributed by atoms with E-state index in [0.717, 1.165) is 0 Å². The number of esters is 1. The maximum Gasteiger partial charge on any atom is 0.308 e. The molecule has 11 heteroatoms. The highest BCUT2D eigenvalue weighted by Gasteiger charge is 2.28. The van der Waals surface area contributed by atoms with Gasteiger partial charge in [0.25, 0.3) is 11.6 Å². The van der Waals surface area contributed by atoms with Crippen molar-refractivity contribution in [3.63, 3.8) is 0 Å². The second-order valence-corrected chi connectivity index (χ2v) is 10.2.